The van der Waals surface area contributed by atoms with Gasteiger partial charge in [-0.3, -0.25) is 0 Å². The zero-order valence-corrected chi connectivity index (χ0v) is 15.1. The van der Waals surface area contributed by atoms with E-state index in [0.29, 0.717) is 12.1 Å². The third kappa shape index (κ3) is 3.41. The van der Waals surface area contributed by atoms with Gasteiger partial charge < -0.3 is 5.32 Å². The zero-order chi connectivity index (χ0) is 14.8. The Kier molecular flexibility index (Phi) is 4.82. The van der Waals surface area contributed by atoms with Gasteiger partial charge in [0.1, 0.15) is 0 Å². The van der Waals surface area contributed by atoms with E-state index < -0.39 is 0 Å². The summed E-state index contributed by atoms with van der Waals surface area (Å²) in [7, 11) is 0. The number of thiophene rings is 1. The average molecular weight is 364 g/mol. The Balaban J connectivity index is 1.72. The van der Waals surface area contributed by atoms with E-state index in [0.717, 1.165) is 0 Å². The molecule has 0 bridgehead atoms. The first-order valence-electron chi connectivity index (χ1n) is 7.77. The van der Waals surface area contributed by atoms with Crippen LogP contribution in [0.25, 0.3) is 0 Å². The molecule has 1 aliphatic carbocycles. The van der Waals surface area contributed by atoms with E-state index in [1.165, 1.54) is 40.6 Å². The van der Waals surface area contributed by atoms with Gasteiger partial charge in [0.15, 0.2) is 0 Å². The van der Waals surface area contributed by atoms with E-state index >= 15 is 0 Å². The van der Waals surface area contributed by atoms with Gasteiger partial charge in [-0.2, -0.15) is 0 Å². The van der Waals surface area contributed by atoms with Crippen LogP contribution in [0.5, 0.6) is 0 Å². The number of aryl methyl sites for hydroxylation is 2. The van der Waals surface area contributed by atoms with Crippen molar-refractivity contribution in [2.75, 3.05) is 0 Å². The van der Waals surface area contributed by atoms with E-state index in [-0.39, 0.29) is 0 Å². The summed E-state index contributed by atoms with van der Waals surface area (Å²) in [5.41, 5.74) is 2.93. The molecular weight excluding hydrogens is 342 g/mol. The number of rotatable bonds is 4. The molecule has 1 aliphatic rings. The lowest BCUT2D eigenvalue weighted by atomic mass is 9.99. The van der Waals surface area contributed by atoms with E-state index in [4.69, 9.17) is 0 Å². The summed E-state index contributed by atoms with van der Waals surface area (Å²) in [4.78, 5) is 3.11. The highest BCUT2D eigenvalue weighted by molar-refractivity contribution is 9.10. The van der Waals surface area contributed by atoms with Gasteiger partial charge in [-0.25, -0.2) is 0 Å². The molecule has 2 unspecified atom stereocenters. The van der Waals surface area contributed by atoms with Gasteiger partial charge in [0.25, 0.3) is 0 Å². The minimum absolute atomic E-state index is 0.342. The van der Waals surface area contributed by atoms with Crippen LogP contribution >= 0.6 is 27.3 Å². The first-order valence-corrected chi connectivity index (χ1v) is 9.38. The van der Waals surface area contributed by atoms with Crippen molar-refractivity contribution in [3.63, 3.8) is 0 Å². The highest BCUT2D eigenvalue weighted by Gasteiger charge is 2.18. The average Bonchev–Trinajstić information content (AvgIpc) is 2.91. The minimum atomic E-state index is 0.342. The number of fused-ring (bicyclic) bond motifs is 1. The maximum absolute atomic E-state index is 3.74. The van der Waals surface area contributed by atoms with E-state index in [1.807, 2.05) is 11.3 Å². The van der Waals surface area contributed by atoms with Crippen LogP contribution in [0.4, 0.5) is 0 Å². The molecule has 1 aromatic heterocycles. The Morgan fingerprint density at radius 2 is 1.86 bits per heavy atom. The minimum Gasteiger partial charge on any atom is -0.303 e. The molecule has 2 aromatic rings. The fourth-order valence-corrected chi connectivity index (χ4v) is 5.00. The number of halogens is 1. The first-order chi connectivity index (χ1) is 10.1. The summed E-state index contributed by atoms with van der Waals surface area (Å²) in [6, 6.07) is 11.7. The summed E-state index contributed by atoms with van der Waals surface area (Å²) in [6.45, 7) is 4.52. The number of benzene rings is 1. The van der Waals surface area contributed by atoms with Crippen LogP contribution in [-0.2, 0) is 12.8 Å². The third-order valence-corrected chi connectivity index (χ3v) is 6.46. The molecule has 112 valence electrons. The smallest absolute Gasteiger partial charge is 0.0391 e. The molecule has 3 heteroatoms. The molecule has 1 heterocycles. The molecule has 1 N–H and O–H groups in total. The molecule has 0 fully saturated rings. The molecule has 0 saturated carbocycles. The van der Waals surface area contributed by atoms with Crippen molar-refractivity contribution >= 4 is 27.3 Å². The van der Waals surface area contributed by atoms with Crippen molar-refractivity contribution in [2.24, 2.45) is 0 Å². The summed E-state index contributed by atoms with van der Waals surface area (Å²) in [5.74, 6) is 0. The number of hydrogen-bond acceptors (Lipinski definition) is 2. The van der Waals surface area contributed by atoms with E-state index in [1.54, 1.807) is 10.4 Å². The second-order valence-electron chi connectivity index (χ2n) is 5.94. The van der Waals surface area contributed by atoms with Gasteiger partial charge in [-0.15, -0.1) is 11.3 Å². The number of nitrogens with one attached hydrogen (secondary N) is 1. The second kappa shape index (κ2) is 6.64. The summed E-state index contributed by atoms with van der Waals surface area (Å²) in [5, 5.41) is 3.74. The van der Waals surface area contributed by atoms with Crippen molar-refractivity contribution in [2.45, 2.75) is 51.6 Å². The molecule has 0 spiro atoms. The highest BCUT2D eigenvalue weighted by Crippen LogP contribution is 2.34. The van der Waals surface area contributed by atoms with Crippen LogP contribution in [-0.4, -0.2) is 0 Å². The molecule has 1 aromatic carbocycles. The molecule has 1 nitrogen and oxygen atoms in total. The topological polar surface area (TPSA) is 12.0 Å². The summed E-state index contributed by atoms with van der Waals surface area (Å²) in [6.07, 6.45) is 5.28. The number of hydrogen-bond donors (Lipinski definition) is 1. The van der Waals surface area contributed by atoms with Crippen molar-refractivity contribution in [1.29, 1.82) is 0 Å². The molecule has 0 amide bonds. The van der Waals surface area contributed by atoms with Crippen molar-refractivity contribution in [3.05, 3.63) is 55.7 Å². The molecule has 0 saturated heterocycles. The van der Waals surface area contributed by atoms with Gasteiger partial charge in [-0.1, -0.05) is 34.1 Å². The van der Waals surface area contributed by atoms with Gasteiger partial charge in [-0.05, 0) is 62.8 Å². The second-order valence-corrected chi connectivity index (χ2v) is 7.96. The van der Waals surface area contributed by atoms with Crippen molar-refractivity contribution < 1.29 is 0 Å². The largest absolute Gasteiger partial charge is 0.303 e. The van der Waals surface area contributed by atoms with E-state index in [2.05, 4.69) is 65.4 Å². The Bertz CT molecular complexity index is 596. The van der Waals surface area contributed by atoms with Crippen LogP contribution in [0.3, 0.4) is 0 Å². The lowest BCUT2D eigenvalue weighted by Gasteiger charge is -2.20. The Hall–Kier alpha value is -0.640. The van der Waals surface area contributed by atoms with Crippen LogP contribution in [0.15, 0.2) is 34.8 Å². The normalized spacial score (nSPS) is 17.3. The monoisotopic (exact) mass is 363 g/mol. The molecule has 21 heavy (non-hydrogen) atoms. The lowest BCUT2D eigenvalue weighted by Crippen LogP contribution is -2.22. The predicted molar refractivity (Wildman–Crippen MR) is 95.1 cm³/mol. The van der Waals surface area contributed by atoms with Crippen LogP contribution in [0.2, 0.25) is 0 Å². The lowest BCUT2D eigenvalue weighted by molar-refractivity contribution is 0.498. The van der Waals surface area contributed by atoms with E-state index in [9.17, 15) is 0 Å². The Morgan fingerprint density at radius 1 is 1.10 bits per heavy atom. The standard InChI is InChI=1S/C18H22BrNS/c1-12(15-8-4-5-9-16(15)19)20-13(2)18-11-14-7-3-6-10-17(14)21-18/h4-5,8-9,11-13,20H,3,6-7,10H2,1-2H3. The van der Waals surface area contributed by atoms with Gasteiger partial charge in [0.2, 0.25) is 0 Å². The van der Waals surface area contributed by atoms with Gasteiger partial charge in [0, 0.05) is 26.3 Å². The Labute approximate surface area is 139 Å². The maximum Gasteiger partial charge on any atom is 0.0391 e. The van der Waals surface area contributed by atoms with Gasteiger partial charge in [0.05, 0.1) is 0 Å². The summed E-state index contributed by atoms with van der Waals surface area (Å²) >= 11 is 5.66. The van der Waals surface area contributed by atoms with Crippen LogP contribution in [0, 0.1) is 0 Å². The molecule has 2 atom stereocenters. The van der Waals surface area contributed by atoms with Crippen molar-refractivity contribution in [1.82, 2.24) is 5.32 Å². The third-order valence-electron chi connectivity index (χ3n) is 4.31. The van der Waals surface area contributed by atoms with Crippen LogP contribution in [0.1, 0.15) is 59.7 Å². The molecule has 0 radical (unpaired) electrons. The fraction of sp³-hybridized carbons (Fsp3) is 0.444. The Morgan fingerprint density at radius 3 is 2.62 bits per heavy atom. The highest BCUT2D eigenvalue weighted by atomic mass is 79.9. The predicted octanol–water partition coefficient (Wildman–Crippen LogP) is 5.80. The van der Waals surface area contributed by atoms with Crippen molar-refractivity contribution in [3.8, 4) is 0 Å². The fourth-order valence-electron chi connectivity index (χ4n) is 3.10. The first kappa shape index (κ1) is 15.3. The summed E-state index contributed by atoms with van der Waals surface area (Å²) < 4.78 is 1.18. The SMILES string of the molecule is CC(NC(C)c1ccccc1Br)c1cc2c(s1)CCCC2. The molecule has 3 rings (SSSR count). The molecule has 0 aliphatic heterocycles. The quantitative estimate of drug-likeness (QED) is 0.723. The zero-order valence-electron chi connectivity index (χ0n) is 12.7. The van der Waals surface area contributed by atoms with Gasteiger partial charge >= 0.3 is 0 Å². The maximum atomic E-state index is 3.74. The van der Waals surface area contributed by atoms with Crippen LogP contribution < -0.4 is 5.32 Å². The molecular formula is C18H22BrNS.